The van der Waals surface area contributed by atoms with E-state index in [1.165, 1.54) is 5.56 Å². The van der Waals surface area contributed by atoms with Gasteiger partial charge in [-0.3, -0.25) is 9.69 Å². The minimum absolute atomic E-state index is 0.156. The van der Waals surface area contributed by atoms with Crippen molar-refractivity contribution in [1.29, 1.82) is 0 Å². The molecular formula is C21H33N3O2. The maximum atomic E-state index is 12.1. The maximum absolute atomic E-state index is 12.1. The van der Waals surface area contributed by atoms with E-state index in [0.29, 0.717) is 18.9 Å². The Bertz CT molecular complexity index is 580. The molecule has 5 heteroatoms. The van der Waals surface area contributed by atoms with Crippen LogP contribution in [0.2, 0.25) is 0 Å². The number of carbonyl (C=O) groups excluding carboxylic acids is 1. The van der Waals surface area contributed by atoms with Gasteiger partial charge in [0.25, 0.3) is 0 Å². The maximum Gasteiger partial charge on any atom is 0.222 e. The van der Waals surface area contributed by atoms with Crippen molar-refractivity contribution in [1.82, 2.24) is 14.7 Å². The van der Waals surface area contributed by atoms with Crippen LogP contribution in [0.3, 0.4) is 0 Å². The van der Waals surface area contributed by atoms with E-state index < -0.39 is 0 Å². The fourth-order valence-corrected chi connectivity index (χ4v) is 4.19. The fraction of sp³-hybridized carbons (Fsp3) is 0.667. The van der Waals surface area contributed by atoms with Crippen molar-refractivity contribution in [3.63, 3.8) is 0 Å². The minimum Gasteiger partial charge on any atom is -0.377 e. The first-order chi connectivity index (χ1) is 12.6. The summed E-state index contributed by atoms with van der Waals surface area (Å²) in [6.45, 7) is 6.72. The van der Waals surface area contributed by atoms with E-state index in [2.05, 4.69) is 41.1 Å². The second-order valence-corrected chi connectivity index (χ2v) is 7.88. The molecule has 0 bridgehead atoms. The molecule has 0 N–H and O–H groups in total. The Hall–Kier alpha value is -1.43. The average molecular weight is 360 g/mol. The number of nitrogens with zero attached hydrogens (tertiary/aromatic N) is 3. The van der Waals surface area contributed by atoms with Crippen LogP contribution in [0.25, 0.3) is 0 Å². The summed E-state index contributed by atoms with van der Waals surface area (Å²) in [7, 11) is 4.17. The van der Waals surface area contributed by atoms with Crippen LogP contribution in [-0.4, -0.2) is 79.6 Å². The molecular weight excluding hydrogens is 326 g/mol. The standard InChI is InChI=1S/C21H33N3O2/c1-22-13-11-21(10-9-20(22)25)18-24(15-14-23(21)2)12-6-16-26-17-19-7-4-3-5-8-19/h3-5,7-8H,6,9-18H2,1-2H3/t21-/m1/s1. The molecule has 0 radical (unpaired) electrons. The SMILES string of the molecule is CN1CC[C@]2(CCC1=O)CN(CCCOCc1ccccc1)CCN2C. The molecule has 1 spiro atoms. The molecule has 0 aliphatic carbocycles. The Balaban J connectivity index is 1.43. The van der Waals surface area contributed by atoms with Crippen molar-refractivity contribution in [3.05, 3.63) is 35.9 Å². The van der Waals surface area contributed by atoms with Gasteiger partial charge in [0, 0.05) is 58.3 Å². The van der Waals surface area contributed by atoms with Crippen LogP contribution in [0.1, 0.15) is 31.2 Å². The van der Waals surface area contributed by atoms with Crippen LogP contribution in [0.15, 0.2) is 30.3 Å². The number of rotatable bonds is 6. The molecule has 26 heavy (non-hydrogen) atoms. The molecule has 1 aromatic rings. The number of likely N-dealkylation sites (N-methyl/N-ethyl adjacent to an activating group) is 1. The number of ether oxygens (including phenoxy) is 1. The third-order valence-electron chi connectivity index (χ3n) is 6.10. The lowest BCUT2D eigenvalue weighted by molar-refractivity contribution is -0.129. The molecule has 2 heterocycles. The summed E-state index contributed by atoms with van der Waals surface area (Å²) in [6.07, 6.45) is 3.79. The van der Waals surface area contributed by atoms with E-state index >= 15 is 0 Å². The highest BCUT2D eigenvalue weighted by molar-refractivity contribution is 5.76. The Labute approximate surface area is 157 Å². The van der Waals surface area contributed by atoms with Crippen LogP contribution in [-0.2, 0) is 16.1 Å². The van der Waals surface area contributed by atoms with E-state index in [9.17, 15) is 4.79 Å². The van der Waals surface area contributed by atoms with Crippen molar-refractivity contribution in [2.45, 2.75) is 37.8 Å². The molecule has 2 fully saturated rings. The Kier molecular flexibility index (Phi) is 6.68. The smallest absolute Gasteiger partial charge is 0.222 e. The van der Waals surface area contributed by atoms with Gasteiger partial charge in [-0.25, -0.2) is 0 Å². The summed E-state index contributed by atoms with van der Waals surface area (Å²) in [4.78, 5) is 19.0. The fourth-order valence-electron chi connectivity index (χ4n) is 4.19. The van der Waals surface area contributed by atoms with Crippen LogP contribution in [0.4, 0.5) is 0 Å². The van der Waals surface area contributed by atoms with Gasteiger partial charge in [0.2, 0.25) is 5.91 Å². The largest absolute Gasteiger partial charge is 0.377 e. The lowest BCUT2D eigenvalue weighted by Crippen LogP contribution is -2.61. The van der Waals surface area contributed by atoms with Crippen molar-refractivity contribution >= 4 is 5.91 Å². The number of benzene rings is 1. The lowest BCUT2D eigenvalue weighted by atomic mass is 9.86. The number of piperazine rings is 1. The molecule has 5 nitrogen and oxygen atoms in total. The normalized spacial score (nSPS) is 25.6. The Morgan fingerprint density at radius 3 is 2.69 bits per heavy atom. The summed E-state index contributed by atoms with van der Waals surface area (Å²) < 4.78 is 5.83. The zero-order valence-corrected chi connectivity index (χ0v) is 16.3. The number of likely N-dealkylation sites (tertiary alicyclic amines) is 1. The highest BCUT2D eigenvalue weighted by atomic mass is 16.5. The highest BCUT2D eigenvalue weighted by Gasteiger charge is 2.41. The Morgan fingerprint density at radius 1 is 1.08 bits per heavy atom. The first-order valence-corrected chi connectivity index (χ1v) is 9.88. The quantitative estimate of drug-likeness (QED) is 0.730. The van der Waals surface area contributed by atoms with E-state index in [-0.39, 0.29) is 5.54 Å². The summed E-state index contributed by atoms with van der Waals surface area (Å²) in [5.41, 5.74) is 1.39. The van der Waals surface area contributed by atoms with E-state index in [1.807, 2.05) is 18.0 Å². The van der Waals surface area contributed by atoms with Crippen LogP contribution in [0, 0.1) is 0 Å². The van der Waals surface area contributed by atoms with E-state index in [1.54, 1.807) is 0 Å². The van der Waals surface area contributed by atoms with Gasteiger partial charge in [-0.2, -0.15) is 0 Å². The summed E-state index contributed by atoms with van der Waals surface area (Å²) in [5.74, 6) is 0.293. The molecule has 2 saturated heterocycles. The molecule has 1 atom stereocenters. The molecule has 0 saturated carbocycles. The van der Waals surface area contributed by atoms with Gasteiger partial charge >= 0.3 is 0 Å². The third kappa shape index (κ3) is 4.84. The summed E-state index contributed by atoms with van der Waals surface area (Å²) in [5, 5.41) is 0. The van der Waals surface area contributed by atoms with Crippen molar-refractivity contribution in [3.8, 4) is 0 Å². The zero-order chi connectivity index (χ0) is 18.4. The van der Waals surface area contributed by atoms with Crippen molar-refractivity contribution in [2.24, 2.45) is 0 Å². The molecule has 144 valence electrons. The van der Waals surface area contributed by atoms with Gasteiger partial charge in [0.15, 0.2) is 0 Å². The monoisotopic (exact) mass is 359 g/mol. The molecule has 1 amide bonds. The molecule has 2 aliphatic rings. The zero-order valence-electron chi connectivity index (χ0n) is 16.3. The van der Waals surface area contributed by atoms with Crippen molar-refractivity contribution in [2.75, 3.05) is 53.4 Å². The third-order valence-corrected chi connectivity index (χ3v) is 6.10. The number of carbonyl (C=O) groups is 1. The summed E-state index contributed by atoms with van der Waals surface area (Å²) >= 11 is 0. The van der Waals surface area contributed by atoms with Gasteiger partial charge in [-0.05, 0) is 31.9 Å². The highest BCUT2D eigenvalue weighted by Crippen LogP contribution is 2.31. The molecule has 2 aliphatic heterocycles. The first kappa shape index (κ1) is 19.3. The van der Waals surface area contributed by atoms with Crippen LogP contribution < -0.4 is 0 Å². The number of hydrogen-bond donors (Lipinski definition) is 0. The Morgan fingerprint density at radius 2 is 1.88 bits per heavy atom. The lowest BCUT2D eigenvalue weighted by Gasteiger charge is -2.49. The first-order valence-electron chi connectivity index (χ1n) is 9.88. The van der Waals surface area contributed by atoms with Crippen LogP contribution in [0.5, 0.6) is 0 Å². The second-order valence-electron chi connectivity index (χ2n) is 7.88. The molecule has 0 unspecified atom stereocenters. The number of amides is 1. The molecule has 0 aromatic heterocycles. The van der Waals surface area contributed by atoms with Crippen molar-refractivity contribution < 1.29 is 9.53 Å². The van der Waals surface area contributed by atoms with E-state index in [4.69, 9.17) is 4.74 Å². The van der Waals surface area contributed by atoms with Crippen LogP contribution >= 0.6 is 0 Å². The van der Waals surface area contributed by atoms with Gasteiger partial charge < -0.3 is 14.5 Å². The van der Waals surface area contributed by atoms with Gasteiger partial charge in [-0.15, -0.1) is 0 Å². The average Bonchev–Trinajstić information content (AvgIpc) is 2.80. The molecule has 3 rings (SSSR count). The second kappa shape index (κ2) is 8.98. The number of hydrogen-bond acceptors (Lipinski definition) is 4. The molecule has 1 aromatic carbocycles. The predicted octanol–water partition coefficient (Wildman–Crippen LogP) is 2.22. The van der Waals surface area contributed by atoms with E-state index in [0.717, 1.165) is 58.6 Å². The van der Waals surface area contributed by atoms with Gasteiger partial charge in [0.05, 0.1) is 6.61 Å². The minimum atomic E-state index is 0.156. The van der Waals surface area contributed by atoms with Gasteiger partial charge in [0.1, 0.15) is 0 Å². The van der Waals surface area contributed by atoms with Gasteiger partial charge in [-0.1, -0.05) is 30.3 Å². The predicted molar refractivity (Wildman–Crippen MR) is 104 cm³/mol. The topological polar surface area (TPSA) is 36.0 Å². The summed E-state index contributed by atoms with van der Waals surface area (Å²) in [6, 6.07) is 10.4.